The second kappa shape index (κ2) is 10.6. The lowest BCUT2D eigenvalue weighted by Gasteiger charge is -2.29. The fraction of sp³-hybridized carbons (Fsp3) is 0.200. The van der Waals surface area contributed by atoms with Gasteiger partial charge in [0.2, 0.25) is 5.91 Å². The summed E-state index contributed by atoms with van der Waals surface area (Å²) in [5, 5.41) is 0.350. The zero-order valence-electron chi connectivity index (χ0n) is 17.5. The van der Waals surface area contributed by atoms with Crippen molar-refractivity contribution in [3.8, 4) is 5.75 Å². The Bertz CT molecular complexity index is 1020. The highest BCUT2D eigenvalue weighted by Crippen LogP contribution is 2.31. The van der Waals surface area contributed by atoms with Crippen molar-refractivity contribution in [2.45, 2.75) is 26.0 Å². The fourth-order valence-electron chi connectivity index (χ4n) is 3.33. The van der Waals surface area contributed by atoms with Crippen molar-refractivity contribution >= 4 is 29.2 Å². The molecule has 3 rings (SSSR count). The van der Waals surface area contributed by atoms with Crippen molar-refractivity contribution in [3.63, 3.8) is 0 Å². The fourth-order valence-corrected chi connectivity index (χ4v) is 3.56. The molecule has 3 aromatic carbocycles. The molecule has 5 nitrogen and oxygen atoms in total. The van der Waals surface area contributed by atoms with Gasteiger partial charge in [-0.05, 0) is 29.3 Å². The average molecular weight is 438 g/mol. The zero-order chi connectivity index (χ0) is 22.2. The smallest absolute Gasteiger partial charge is 0.329 e. The Kier molecular flexibility index (Phi) is 7.68. The molecule has 6 heteroatoms. The summed E-state index contributed by atoms with van der Waals surface area (Å²) in [5.41, 5.74) is 2.43. The van der Waals surface area contributed by atoms with Crippen LogP contribution in [0.4, 0.5) is 5.69 Å². The molecule has 0 N–H and O–H groups in total. The van der Waals surface area contributed by atoms with Crippen LogP contribution in [0.3, 0.4) is 0 Å². The molecule has 0 saturated carbocycles. The minimum absolute atomic E-state index is 0.291. The molecule has 0 aliphatic carbocycles. The van der Waals surface area contributed by atoms with Crippen molar-refractivity contribution in [2.75, 3.05) is 12.0 Å². The number of halogens is 1. The van der Waals surface area contributed by atoms with Crippen LogP contribution in [-0.4, -0.2) is 25.0 Å². The van der Waals surface area contributed by atoms with Crippen LogP contribution in [0.25, 0.3) is 0 Å². The molecular weight excluding hydrogens is 414 g/mol. The summed E-state index contributed by atoms with van der Waals surface area (Å²) in [7, 11) is 1.31. The minimum atomic E-state index is -0.822. The molecule has 31 heavy (non-hydrogen) atoms. The largest absolute Gasteiger partial charge is 0.487 e. The molecule has 1 atom stereocenters. The number of benzene rings is 3. The number of hydrogen-bond acceptors (Lipinski definition) is 4. The maximum Gasteiger partial charge on any atom is 0.329 e. The zero-order valence-corrected chi connectivity index (χ0v) is 18.2. The van der Waals surface area contributed by atoms with Crippen LogP contribution < -0.4 is 9.64 Å². The Balaban J connectivity index is 1.85. The molecule has 0 aliphatic rings. The van der Waals surface area contributed by atoms with E-state index in [9.17, 15) is 9.59 Å². The number of amides is 1. The Morgan fingerprint density at radius 1 is 0.935 bits per heavy atom. The molecule has 0 bridgehead atoms. The third-order valence-electron chi connectivity index (χ3n) is 4.83. The van der Waals surface area contributed by atoms with E-state index < -0.39 is 12.0 Å². The van der Waals surface area contributed by atoms with E-state index in [1.54, 1.807) is 18.2 Å². The number of hydrogen-bond donors (Lipinski definition) is 0. The molecule has 0 spiro atoms. The van der Waals surface area contributed by atoms with Crippen molar-refractivity contribution in [3.05, 3.63) is 95.0 Å². The van der Waals surface area contributed by atoms with Crippen molar-refractivity contribution in [1.82, 2.24) is 0 Å². The van der Waals surface area contributed by atoms with Crippen LogP contribution >= 0.6 is 11.6 Å². The standard InChI is InChI=1S/C25H24ClNO4/c1-18(28)27(23(25(29)30-2)15-19-9-5-3-6-10-19)21-13-14-24(22(26)16-21)31-17-20-11-7-4-8-12-20/h3-14,16,23H,15,17H2,1-2H3/t23-/m1/s1. The van der Waals surface area contributed by atoms with Crippen LogP contribution in [0.2, 0.25) is 5.02 Å². The normalized spacial score (nSPS) is 11.5. The van der Waals surface area contributed by atoms with Crippen molar-refractivity contribution < 1.29 is 19.1 Å². The summed E-state index contributed by atoms with van der Waals surface area (Å²) in [6.07, 6.45) is 0.316. The number of carbonyl (C=O) groups is 2. The van der Waals surface area contributed by atoms with Crippen LogP contribution in [-0.2, 0) is 27.4 Å². The second-order valence-electron chi connectivity index (χ2n) is 7.01. The van der Waals surface area contributed by atoms with Gasteiger partial charge in [-0.1, -0.05) is 72.3 Å². The van der Waals surface area contributed by atoms with Gasteiger partial charge in [0.1, 0.15) is 18.4 Å². The summed E-state index contributed by atoms with van der Waals surface area (Å²) >= 11 is 6.44. The van der Waals surface area contributed by atoms with Gasteiger partial charge in [0.05, 0.1) is 12.1 Å². The van der Waals surface area contributed by atoms with Crippen molar-refractivity contribution in [2.24, 2.45) is 0 Å². The first kappa shape index (κ1) is 22.4. The predicted molar refractivity (Wildman–Crippen MR) is 121 cm³/mol. The highest BCUT2D eigenvalue weighted by atomic mass is 35.5. The van der Waals surface area contributed by atoms with Gasteiger partial charge in [0, 0.05) is 19.0 Å². The number of ether oxygens (including phenoxy) is 2. The Morgan fingerprint density at radius 3 is 2.10 bits per heavy atom. The number of carbonyl (C=O) groups excluding carboxylic acids is 2. The van der Waals surface area contributed by atoms with Gasteiger partial charge in [0.25, 0.3) is 0 Å². The monoisotopic (exact) mass is 437 g/mol. The van der Waals surface area contributed by atoms with Crippen LogP contribution in [0.1, 0.15) is 18.1 Å². The molecule has 0 aromatic heterocycles. The maximum absolute atomic E-state index is 12.6. The van der Waals surface area contributed by atoms with Gasteiger partial charge in [-0.15, -0.1) is 0 Å². The summed E-state index contributed by atoms with van der Waals surface area (Å²) in [4.78, 5) is 26.5. The van der Waals surface area contributed by atoms with E-state index in [0.29, 0.717) is 29.5 Å². The lowest BCUT2D eigenvalue weighted by molar-refractivity contribution is -0.143. The Labute approximate surface area is 187 Å². The summed E-state index contributed by atoms with van der Waals surface area (Å²) in [6, 6.07) is 23.4. The van der Waals surface area contributed by atoms with E-state index in [-0.39, 0.29) is 5.91 Å². The van der Waals surface area contributed by atoms with Gasteiger partial charge in [-0.3, -0.25) is 9.69 Å². The molecule has 1 amide bonds. The van der Waals surface area contributed by atoms with Crippen LogP contribution in [0.5, 0.6) is 5.75 Å². The molecule has 0 radical (unpaired) electrons. The van der Waals surface area contributed by atoms with Crippen LogP contribution in [0.15, 0.2) is 78.9 Å². The lowest BCUT2D eigenvalue weighted by atomic mass is 10.0. The summed E-state index contributed by atoms with van der Waals surface area (Å²) < 4.78 is 10.8. The highest BCUT2D eigenvalue weighted by molar-refractivity contribution is 6.32. The van der Waals surface area contributed by atoms with E-state index >= 15 is 0 Å². The van der Waals surface area contributed by atoms with Gasteiger partial charge >= 0.3 is 5.97 Å². The van der Waals surface area contributed by atoms with Crippen LogP contribution in [0, 0.1) is 0 Å². The molecule has 3 aromatic rings. The van der Waals surface area contributed by atoms with Crippen molar-refractivity contribution in [1.29, 1.82) is 0 Å². The Morgan fingerprint density at radius 2 is 1.55 bits per heavy atom. The van der Waals surface area contributed by atoms with E-state index in [2.05, 4.69) is 0 Å². The van der Waals surface area contributed by atoms with Gasteiger partial charge < -0.3 is 9.47 Å². The predicted octanol–water partition coefficient (Wildman–Crippen LogP) is 5.06. The molecule has 0 unspecified atom stereocenters. The molecule has 0 saturated heterocycles. The number of methoxy groups -OCH3 is 1. The third-order valence-corrected chi connectivity index (χ3v) is 5.12. The summed E-state index contributed by atoms with van der Waals surface area (Å²) in [6.45, 7) is 1.78. The second-order valence-corrected chi connectivity index (χ2v) is 7.41. The number of nitrogens with zero attached hydrogens (tertiary/aromatic N) is 1. The minimum Gasteiger partial charge on any atom is -0.487 e. The average Bonchev–Trinajstić information content (AvgIpc) is 2.78. The molecule has 0 fully saturated rings. The van der Waals surface area contributed by atoms with Gasteiger partial charge in [-0.25, -0.2) is 4.79 Å². The maximum atomic E-state index is 12.6. The molecule has 160 valence electrons. The van der Waals surface area contributed by atoms with E-state index in [0.717, 1.165) is 11.1 Å². The third kappa shape index (κ3) is 5.86. The van der Waals surface area contributed by atoms with E-state index in [4.69, 9.17) is 21.1 Å². The van der Waals surface area contributed by atoms with E-state index in [1.807, 2.05) is 60.7 Å². The SMILES string of the molecule is COC(=O)[C@@H](Cc1ccccc1)N(C(C)=O)c1ccc(OCc2ccccc2)c(Cl)c1. The number of anilines is 1. The summed E-state index contributed by atoms with van der Waals surface area (Å²) in [5.74, 6) is -0.296. The highest BCUT2D eigenvalue weighted by Gasteiger charge is 2.31. The molecule has 0 aliphatic heterocycles. The first-order chi connectivity index (χ1) is 15.0. The lowest BCUT2D eigenvalue weighted by Crippen LogP contribution is -2.46. The van der Waals surface area contributed by atoms with Gasteiger partial charge in [0.15, 0.2) is 0 Å². The quantitative estimate of drug-likeness (QED) is 0.462. The molecule has 0 heterocycles. The van der Waals surface area contributed by atoms with Gasteiger partial charge in [-0.2, -0.15) is 0 Å². The first-order valence-electron chi connectivity index (χ1n) is 9.87. The Hall–Kier alpha value is -3.31. The topological polar surface area (TPSA) is 55.8 Å². The van der Waals surface area contributed by atoms with E-state index in [1.165, 1.54) is 18.9 Å². The first-order valence-corrected chi connectivity index (χ1v) is 10.2. The number of esters is 1. The molecular formula is C25H24ClNO4. The number of rotatable bonds is 8.